The molecule has 112 valence electrons. The van der Waals surface area contributed by atoms with E-state index in [0.717, 1.165) is 5.56 Å². The molecule has 3 rings (SSSR count). The molecular weight excluding hydrogens is 282 g/mol. The SMILES string of the molecule is COc1cc(C(=O)Nc2ccc3[nH]c(=O)[nH]c3c2)ccc1C. The number of hydrogen-bond acceptors (Lipinski definition) is 3. The van der Waals surface area contributed by atoms with Crippen molar-refractivity contribution in [2.24, 2.45) is 0 Å². The molecule has 0 aliphatic rings. The molecule has 0 saturated carbocycles. The van der Waals surface area contributed by atoms with E-state index in [0.29, 0.717) is 28.0 Å². The number of anilines is 1. The molecule has 0 spiro atoms. The second kappa shape index (κ2) is 5.40. The van der Waals surface area contributed by atoms with Crippen LogP contribution in [0.25, 0.3) is 11.0 Å². The van der Waals surface area contributed by atoms with Crippen molar-refractivity contribution in [3.05, 3.63) is 58.0 Å². The molecule has 1 aromatic heterocycles. The van der Waals surface area contributed by atoms with Crippen molar-refractivity contribution < 1.29 is 9.53 Å². The van der Waals surface area contributed by atoms with Crippen molar-refractivity contribution in [1.29, 1.82) is 0 Å². The highest BCUT2D eigenvalue weighted by atomic mass is 16.5. The van der Waals surface area contributed by atoms with Gasteiger partial charge in [-0.1, -0.05) is 6.07 Å². The lowest BCUT2D eigenvalue weighted by molar-refractivity contribution is 0.102. The van der Waals surface area contributed by atoms with Gasteiger partial charge in [0.2, 0.25) is 0 Å². The maximum absolute atomic E-state index is 12.3. The first-order chi connectivity index (χ1) is 10.6. The summed E-state index contributed by atoms with van der Waals surface area (Å²) in [4.78, 5) is 28.8. The van der Waals surface area contributed by atoms with Crippen LogP contribution in [0, 0.1) is 6.92 Å². The van der Waals surface area contributed by atoms with Gasteiger partial charge in [-0.25, -0.2) is 4.79 Å². The number of imidazole rings is 1. The van der Waals surface area contributed by atoms with Gasteiger partial charge in [0.15, 0.2) is 0 Å². The van der Waals surface area contributed by atoms with Gasteiger partial charge >= 0.3 is 5.69 Å². The third kappa shape index (κ3) is 2.58. The Bertz CT molecular complexity index is 908. The normalized spacial score (nSPS) is 10.6. The summed E-state index contributed by atoms with van der Waals surface area (Å²) in [6.45, 7) is 1.91. The number of aromatic amines is 2. The molecule has 0 fully saturated rings. The molecule has 0 unspecified atom stereocenters. The van der Waals surface area contributed by atoms with E-state index in [1.807, 2.05) is 13.0 Å². The zero-order chi connectivity index (χ0) is 15.7. The lowest BCUT2D eigenvalue weighted by Gasteiger charge is -2.08. The number of carbonyl (C=O) groups is 1. The highest BCUT2D eigenvalue weighted by Crippen LogP contribution is 2.20. The molecule has 0 aliphatic heterocycles. The van der Waals surface area contributed by atoms with Crippen LogP contribution in [-0.2, 0) is 0 Å². The summed E-state index contributed by atoms with van der Waals surface area (Å²) >= 11 is 0. The standard InChI is InChI=1S/C16H15N3O3/c1-9-3-4-10(7-14(9)22-2)15(20)17-11-5-6-12-13(8-11)19-16(21)18-12/h3-8H,1-2H3,(H,17,20)(H2,18,19,21). The molecule has 3 aromatic rings. The maximum atomic E-state index is 12.3. The molecule has 0 radical (unpaired) electrons. The highest BCUT2D eigenvalue weighted by Gasteiger charge is 2.09. The zero-order valence-corrected chi connectivity index (χ0v) is 12.2. The van der Waals surface area contributed by atoms with E-state index in [2.05, 4.69) is 15.3 Å². The molecule has 1 heterocycles. The minimum absolute atomic E-state index is 0.240. The van der Waals surface area contributed by atoms with E-state index in [1.54, 1.807) is 37.4 Å². The molecule has 0 aliphatic carbocycles. The van der Waals surface area contributed by atoms with E-state index >= 15 is 0 Å². The number of carbonyl (C=O) groups excluding carboxylic acids is 1. The smallest absolute Gasteiger partial charge is 0.323 e. The average Bonchev–Trinajstić information content (AvgIpc) is 2.87. The Morgan fingerprint density at radius 1 is 1.09 bits per heavy atom. The maximum Gasteiger partial charge on any atom is 0.323 e. The molecule has 6 heteroatoms. The average molecular weight is 297 g/mol. The first-order valence-corrected chi connectivity index (χ1v) is 6.75. The van der Waals surface area contributed by atoms with Crippen molar-refractivity contribution in [2.75, 3.05) is 12.4 Å². The van der Waals surface area contributed by atoms with Crippen molar-refractivity contribution in [2.45, 2.75) is 6.92 Å². The topological polar surface area (TPSA) is 87.0 Å². The van der Waals surface area contributed by atoms with Gasteiger partial charge in [0.05, 0.1) is 18.1 Å². The number of benzene rings is 2. The van der Waals surface area contributed by atoms with Gasteiger partial charge in [-0.15, -0.1) is 0 Å². The van der Waals surface area contributed by atoms with Gasteiger partial charge in [0.1, 0.15) is 5.75 Å². The van der Waals surface area contributed by atoms with Gasteiger partial charge in [0.25, 0.3) is 5.91 Å². The number of H-pyrrole nitrogens is 2. The number of nitrogens with one attached hydrogen (secondary N) is 3. The van der Waals surface area contributed by atoms with Crippen LogP contribution in [0.4, 0.5) is 5.69 Å². The van der Waals surface area contributed by atoms with Crippen LogP contribution in [0.2, 0.25) is 0 Å². The predicted molar refractivity (Wildman–Crippen MR) is 84.6 cm³/mol. The molecule has 3 N–H and O–H groups in total. The molecule has 0 bridgehead atoms. The summed E-state index contributed by atoms with van der Waals surface area (Å²) in [5.41, 5.74) is 3.13. The van der Waals surface area contributed by atoms with Gasteiger partial charge < -0.3 is 20.0 Å². The van der Waals surface area contributed by atoms with Crippen LogP contribution in [0.1, 0.15) is 15.9 Å². The number of methoxy groups -OCH3 is 1. The van der Waals surface area contributed by atoms with E-state index in [-0.39, 0.29) is 11.6 Å². The Balaban J connectivity index is 1.87. The number of fused-ring (bicyclic) bond motifs is 1. The zero-order valence-electron chi connectivity index (χ0n) is 12.2. The Hall–Kier alpha value is -3.02. The number of ether oxygens (including phenoxy) is 1. The summed E-state index contributed by atoms with van der Waals surface area (Å²) in [5.74, 6) is 0.425. The Morgan fingerprint density at radius 3 is 2.64 bits per heavy atom. The molecular formula is C16H15N3O3. The lowest BCUT2D eigenvalue weighted by Crippen LogP contribution is -2.12. The minimum atomic E-state index is -0.276. The summed E-state index contributed by atoms with van der Waals surface area (Å²) < 4.78 is 5.22. The van der Waals surface area contributed by atoms with Crippen molar-refractivity contribution >= 4 is 22.6 Å². The summed E-state index contributed by atoms with van der Waals surface area (Å²) in [5, 5.41) is 2.80. The molecule has 1 amide bonds. The minimum Gasteiger partial charge on any atom is -0.496 e. The second-order valence-corrected chi connectivity index (χ2v) is 4.98. The van der Waals surface area contributed by atoms with Crippen LogP contribution < -0.4 is 15.7 Å². The Labute approximate surface area is 126 Å². The number of hydrogen-bond donors (Lipinski definition) is 3. The number of aromatic nitrogens is 2. The van der Waals surface area contributed by atoms with Gasteiger partial charge in [0, 0.05) is 11.3 Å². The second-order valence-electron chi connectivity index (χ2n) is 4.98. The largest absolute Gasteiger partial charge is 0.496 e. The summed E-state index contributed by atoms with van der Waals surface area (Å²) in [6.07, 6.45) is 0. The van der Waals surface area contributed by atoms with Crippen molar-refractivity contribution in [3.63, 3.8) is 0 Å². The highest BCUT2D eigenvalue weighted by molar-refractivity contribution is 6.05. The third-order valence-electron chi connectivity index (χ3n) is 3.44. The fourth-order valence-corrected chi connectivity index (χ4v) is 2.27. The Kier molecular flexibility index (Phi) is 3.42. The van der Waals surface area contributed by atoms with Crippen LogP contribution in [0.5, 0.6) is 5.75 Å². The summed E-state index contributed by atoms with van der Waals surface area (Å²) in [7, 11) is 1.57. The van der Waals surface area contributed by atoms with Crippen LogP contribution in [0.3, 0.4) is 0 Å². The predicted octanol–water partition coefficient (Wildman–Crippen LogP) is 2.43. The van der Waals surface area contributed by atoms with E-state index in [9.17, 15) is 9.59 Å². The van der Waals surface area contributed by atoms with E-state index in [4.69, 9.17) is 4.74 Å². The lowest BCUT2D eigenvalue weighted by atomic mass is 10.1. The van der Waals surface area contributed by atoms with Gasteiger partial charge in [-0.3, -0.25) is 4.79 Å². The molecule has 2 aromatic carbocycles. The summed E-state index contributed by atoms with van der Waals surface area (Å²) in [6, 6.07) is 10.4. The number of rotatable bonds is 3. The number of amides is 1. The third-order valence-corrected chi connectivity index (χ3v) is 3.44. The first-order valence-electron chi connectivity index (χ1n) is 6.75. The van der Waals surface area contributed by atoms with E-state index in [1.165, 1.54) is 0 Å². The van der Waals surface area contributed by atoms with E-state index < -0.39 is 0 Å². The van der Waals surface area contributed by atoms with Crippen molar-refractivity contribution in [3.8, 4) is 5.75 Å². The molecule has 6 nitrogen and oxygen atoms in total. The molecule has 0 atom stereocenters. The fourth-order valence-electron chi connectivity index (χ4n) is 2.27. The van der Waals surface area contributed by atoms with Crippen LogP contribution in [0.15, 0.2) is 41.2 Å². The first kappa shape index (κ1) is 13.9. The Morgan fingerprint density at radius 2 is 1.86 bits per heavy atom. The van der Waals surface area contributed by atoms with Crippen molar-refractivity contribution in [1.82, 2.24) is 9.97 Å². The van der Waals surface area contributed by atoms with Crippen LogP contribution in [-0.4, -0.2) is 23.0 Å². The molecule has 0 saturated heterocycles. The van der Waals surface area contributed by atoms with Crippen LogP contribution >= 0.6 is 0 Å². The monoisotopic (exact) mass is 297 g/mol. The van der Waals surface area contributed by atoms with Gasteiger partial charge in [-0.05, 0) is 42.8 Å². The van der Waals surface area contributed by atoms with Gasteiger partial charge in [-0.2, -0.15) is 0 Å². The fraction of sp³-hybridized carbons (Fsp3) is 0.125. The quantitative estimate of drug-likeness (QED) is 0.694. The number of aryl methyl sites for hydroxylation is 1. The molecule has 22 heavy (non-hydrogen) atoms.